The van der Waals surface area contributed by atoms with E-state index in [9.17, 15) is 0 Å². The molecule has 0 aromatic heterocycles. The average molecular weight is 260 g/mol. The number of nitrogens with one attached hydrogen (secondary N) is 1. The van der Waals surface area contributed by atoms with Gasteiger partial charge in [0.15, 0.2) is 0 Å². The molecule has 2 aliphatic rings. The quantitative estimate of drug-likeness (QED) is 0.646. The van der Waals surface area contributed by atoms with Crippen molar-refractivity contribution >= 4 is 0 Å². The summed E-state index contributed by atoms with van der Waals surface area (Å²) in [5.41, 5.74) is 5.75. The van der Waals surface area contributed by atoms with Gasteiger partial charge in [0.25, 0.3) is 0 Å². The first-order chi connectivity index (χ1) is 9.28. The maximum atomic E-state index is 5.76. The van der Waals surface area contributed by atoms with Crippen molar-refractivity contribution < 1.29 is 4.74 Å². The minimum Gasteiger partial charge on any atom is -0.378 e. The summed E-state index contributed by atoms with van der Waals surface area (Å²) in [6.07, 6.45) is 5.53. The zero-order valence-electron chi connectivity index (χ0n) is 11.6. The summed E-state index contributed by atoms with van der Waals surface area (Å²) in [5.74, 6) is 7.04. The number of hydrazine groups is 1. The molecule has 3 atom stereocenters. The molecule has 1 saturated heterocycles. The lowest BCUT2D eigenvalue weighted by molar-refractivity contribution is 0.117. The van der Waals surface area contributed by atoms with Crippen LogP contribution in [0.1, 0.15) is 55.7 Å². The number of hydrogen-bond acceptors (Lipinski definition) is 3. The molecule has 0 amide bonds. The van der Waals surface area contributed by atoms with Crippen LogP contribution in [0.25, 0.3) is 0 Å². The van der Waals surface area contributed by atoms with E-state index in [1.165, 1.54) is 30.4 Å². The lowest BCUT2D eigenvalue weighted by Crippen LogP contribution is -2.34. The Kier molecular flexibility index (Phi) is 3.87. The molecule has 3 N–H and O–H groups in total. The molecule has 0 bridgehead atoms. The van der Waals surface area contributed by atoms with Crippen molar-refractivity contribution in [2.45, 2.75) is 50.7 Å². The SMILES string of the molecule is CC1CC(C(NN)c2ccc(C3CCC3)cc2)CO1. The second-order valence-electron chi connectivity index (χ2n) is 6.08. The molecule has 3 unspecified atom stereocenters. The van der Waals surface area contributed by atoms with Crippen molar-refractivity contribution in [2.24, 2.45) is 11.8 Å². The highest BCUT2D eigenvalue weighted by molar-refractivity contribution is 5.29. The molecule has 19 heavy (non-hydrogen) atoms. The first-order valence-electron chi connectivity index (χ1n) is 7.45. The van der Waals surface area contributed by atoms with E-state index in [0.717, 1.165) is 18.9 Å². The van der Waals surface area contributed by atoms with E-state index in [1.807, 2.05) is 0 Å². The smallest absolute Gasteiger partial charge is 0.0551 e. The van der Waals surface area contributed by atoms with Gasteiger partial charge >= 0.3 is 0 Å². The predicted molar refractivity (Wildman–Crippen MR) is 76.6 cm³/mol. The van der Waals surface area contributed by atoms with Crippen LogP contribution in [0.15, 0.2) is 24.3 Å². The lowest BCUT2D eigenvalue weighted by Gasteiger charge is -2.27. The molecule has 1 aliphatic heterocycles. The molecule has 104 valence electrons. The number of benzene rings is 1. The summed E-state index contributed by atoms with van der Waals surface area (Å²) in [6.45, 7) is 2.94. The molecule has 2 fully saturated rings. The van der Waals surface area contributed by atoms with Gasteiger partial charge in [0.05, 0.1) is 18.8 Å². The summed E-state index contributed by atoms with van der Waals surface area (Å²) in [7, 11) is 0. The number of hydrogen-bond donors (Lipinski definition) is 2. The van der Waals surface area contributed by atoms with E-state index in [-0.39, 0.29) is 6.04 Å². The van der Waals surface area contributed by atoms with E-state index < -0.39 is 0 Å². The van der Waals surface area contributed by atoms with E-state index in [1.54, 1.807) is 0 Å². The third-order valence-corrected chi connectivity index (χ3v) is 4.75. The Hall–Kier alpha value is -0.900. The number of nitrogens with two attached hydrogens (primary N) is 1. The Morgan fingerprint density at radius 1 is 1.26 bits per heavy atom. The summed E-state index contributed by atoms with van der Waals surface area (Å²) < 4.78 is 5.66. The van der Waals surface area contributed by atoms with Crippen molar-refractivity contribution in [1.29, 1.82) is 0 Å². The van der Waals surface area contributed by atoms with Gasteiger partial charge in [-0.15, -0.1) is 0 Å². The zero-order valence-corrected chi connectivity index (χ0v) is 11.6. The van der Waals surface area contributed by atoms with E-state index in [2.05, 4.69) is 36.6 Å². The van der Waals surface area contributed by atoms with Crippen LogP contribution in [0, 0.1) is 5.92 Å². The predicted octanol–water partition coefficient (Wildman–Crippen LogP) is 2.88. The van der Waals surface area contributed by atoms with Crippen LogP contribution in [0.4, 0.5) is 0 Å². The highest BCUT2D eigenvalue weighted by Crippen LogP contribution is 2.37. The average Bonchev–Trinajstić information content (AvgIpc) is 2.77. The molecule has 1 saturated carbocycles. The maximum Gasteiger partial charge on any atom is 0.0551 e. The van der Waals surface area contributed by atoms with E-state index >= 15 is 0 Å². The highest BCUT2D eigenvalue weighted by atomic mass is 16.5. The Bertz CT molecular complexity index is 413. The standard InChI is InChI=1S/C16H24N2O/c1-11-9-15(10-19-11)16(18-17)14-7-5-13(6-8-14)12-3-2-4-12/h5-8,11-12,15-16,18H,2-4,9-10,17H2,1H3. The van der Waals surface area contributed by atoms with Crippen molar-refractivity contribution in [3.05, 3.63) is 35.4 Å². The van der Waals surface area contributed by atoms with Gasteiger partial charge in [0.2, 0.25) is 0 Å². The van der Waals surface area contributed by atoms with Crippen LogP contribution in [0.5, 0.6) is 0 Å². The van der Waals surface area contributed by atoms with Gasteiger partial charge in [0, 0.05) is 5.92 Å². The largest absolute Gasteiger partial charge is 0.378 e. The molecule has 3 heteroatoms. The lowest BCUT2D eigenvalue weighted by atomic mass is 9.79. The minimum absolute atomic E-state index is 0.209. The van der Waals surface area contributed by atoms with Gasteiger partial charge in [-0.25, -0.2) is 0 Å². The van der Waals surface area contributed by atoms with Gasteiger partial charge in [-0.1, -0.05) is 30.7 Å². The second kappa shape index (κ2) is 5.61. The first kappa shape index (κ1) is 13.1. The number of rotatable bonds is 4. The molecule has 1 aromatic rings. The summed E-state index contributed by atoms with van der Waals surface area (Å²) in [6, 6.07) is 9.24. The van der Waals surface area contributed by atoms with Crippen molar-refractivity contribution in [3.63, 3.8) is 0 Å². The van der Waals surface area contributed by atoms with Crippen molar-refractivity contribution in [2.75, 3.05) is 6.61 Å². The topological polar surface area (TPSA) is 47.3 Å². The zero-order chi connectivity index (χ0) is 13.2. The Balaban J connectivity index is 1.71. The third kappa shape index (κ3) is 2.69. The molecule has 0 spiro atoms. The molecule has 1 heterocycles. The Labute approximate surface area is 115 Å². The maximum absolute atomic E-state index is 5.76. The van der Waals surface area contributed by atoms with Crippen LogP contribution >= 0.6 is 0 Å². The van der Waals surface area contributed by atoms with Gasteiger partial charge in [-0.3, -0.25) is 11.3 Å². The Morgan fingerprint density at radius 2 is 2.00 bits per heavy atom. The fourth-order valence-corrected chi connectivity index (χ4v) is 3.30. The molecular weight excluding hydrogens is 236 g/mol. The van der Waals surface area contributed by atoms with Crippen LogP contribution in [0.2, 0.25) is 0 Å². The van der Waals surface area contributed by atoms with Crippen LogP contribution < -0.4 is 11.3 Å². The molecular formula is C16H24N2O. The summed E-state index contributed by atoms with van der Waals surface area (Å²) >= 11 is 0. The van der Waals surface area contributed by atoms with Gasteiger partial charge in [-0.05, 0) is 43.2 Å². The van der Waals surface area contributed by atoms with Gasteiger partial charge < -0.3 is 4.74 Å². The monoisotopic (exact) mass is 260 g/mol. The molecule has 3 nitrogen and oxygen atoms in total. The van der Waals surface area contributed by atoms with E-state index in [0.29, 0.717) is 12.0 Å². The normalized spacial score (nSPS) is 29.2. The van der Waals surface area contributed by atoms with Gasteiger partial charge in [0.1, 0.15) is 0 Å². The minimum atomic E-state index is 0.209. The summed E-state index contributed by atoms with van der Waals surface area (Å²) in [4.78, 5) is 0. The summed E-state index contributed by atoms with van der Waals surface area (Å²) in [5, 5.41) is 0. The van der Waals surface area contributed by atoms with Crippen molar-refractivity contribution in [1.82, 2.24) is 5.43 Å². The van der Waals surface area contributed by atoms with Crippen LogP contribution in [-0.4, -0.2) is 12.7 Å². The van der Waals surface area contributed by atoms with Crippen LogP contribution in [0.3, 0.4) is 0 Å². The van der Waals surface area contributed by atoms with E-state index in [4.69, 9.17) is 10.6 Å². The molecule has 1 aliphatic carbocycles. The molecule has 1 aromatic carbocycles. The molecule has 0 radical (unpaired) electrons. The Morgan fingerprint density at radius 3 is 2.47 bits per heavy atom. The van der Waals surface area contributed by atoms with Crippen molar-refractivity contribution in [3.8, 4) is 0 Å². The highest BCUT2D eigenvalue weighted by Gasteiger charge is 2.30. The second-order valence-corrected chi connectivity index (χ2v) is 6.08. The first-order valence-corrected chi connectivity index (χ1v) is 7.45. The fraction of sp³-hybridized carbons (Fsp3) is 0.625. The number of ether oxygens (including phenoxy) is 1. The molecule has 3 rings (SSSR count). The van der Waals surface area contributed by atoms with Crippen LogP contribution in [-0.2, 0) is 4.74 Å². The van der Waals surface area contributed by atoms with Gasteiger partial charge in [-0.2, -0.15) is 0 Å². The third-order valence-electron chi connectivity index (χ3n) is 4.75. The fourth-order valence-electron chi connectivity index (χ4n) is 3.30.